The third kappa shape index (κ3) is 6.98. The van der Waals surface area contributed by atoms with Crippen LogP contribution in [0.15, 0.2) is 54.6 Å². The van der Waals surface area contributed by atoms with Gasteiger partial charge in [0.1, 0.15) is 18.3 Å². The lowest BCUT2D eigenvalue weighted by molar-refractivity contribution is -0.139. The van der Waals surface area contributed by atoms with Gasteiger partial charge in [-0.25, -0.2) is 8.42 Å². The van der Waals surface area contributed by atoms with E-state index in [0.717, 1.165) is 22.5 Å². The fraction of sp³-hybridized carbons (Fsp3) is 0.391. The molecule has 0 bridgehead atoms. The number of sulfonamides is 1. The van der Waals surface area contributed by atoms with Crippen molar-refractivity contribution < 1.29 is 22.7 Å². The van der Waals surface area contributed by atoms with Crippen LogP contribution in [-0.4, -0.2) is 57.6 Å². The average Bonchev–Trinajstić information content (AvgIpc) is 2.78. The van der Waals surface area contributed by atoms with Crippen LogP contribution in [0.3, 0.4) is 0 Å². The van der Waals surface area contributed by atoms with E-state index in [4.69, 9.17) is 4.74 Å². The summed E-state index contributed by atoms with van der Waals surface area (Å²) in [7, 11) is -2.30. The summed E-state index contributed by atoms with van der Waals surface area (Å²) in [4.78, 5) is 27.4. The predicted molar refractivity (Wildman–Crippen MR) is 125 cm³/mol. The lowest BCUT2D eigenvalue weighted by Gasteiger charge is -2.31. The predicted octanol–water partition coefficient (Wildman–Crippen LogP) is 2.40. The Labute approximate surface area is 190 Å². The standard InChI is InChI=1S/C23H31N3O5S/c1-5-14-24-23(28)18(2)25(16-19-10-7-6-8-11-19)22(27)17-26(32(4,29)30)20-12-9-13-21(15-20)31-3/h6-13,15,18H,5,14,16-17H2,1-4H3,(H,24,28)/t18-/m0/s1. The first-order chi connectivity index (χ1) is 15.2. The summed E-state index contributed by atoms with van der Waals surface area (Å²) in [5.74, 6) is -0.304. The third-order valence-electron chi connectivity index (χ3n) is 4.93. The lowest BCUT2D eigenvalue weighted by Crippen LogP contribution is -2.51. The molecule has 1 atom stereocenters. The van der Waals surface area contributed by atoms with Gasteiger partial charge in [-0.05, 0) is 31.0 Å². The smallest absolute Gasteiger partial charge is 0.244 e. The van der Waals surface area contributed by atoms with Crippen molar-refractivity contribution in [3.63, 3.8) is 0 Å². The molecule has 32 heavy (non-hydrogen) atoms. The largest absolute Gasteiger partial charge is 0.497 e. The molecule has 0 aliphatic rings. The van der Waals surface area contributed by atoms with Crippen LogP contribution in [0.25, 0.3) is 0 Å². The average molecular weight is 462 g/mol. The number of amides is 2. The molecule has 0 aliphatic heterocycles. The highest BCUT2D eigenvalue weighted by Gasteiger charge is 2.30. The second-order valence-electron chi connectivity index (χ2n) is 7.45. The van der Waals surface area contributed by atoms with Crippen molar-refractivity contribution in [2.75, 3.05) is 30.8 Å². The quantitative estimate of drug-likeness (QED) is 0.554. The Morgan fingerprint density at radius 3 is 2.38 bits per heavy atom. The number of anilines is 1. The van der Waals surface area contributed by atoms with E-state index in [1.165, 1.54) is 12.0 Å². The summed E-state index contributed by atoms with van der Waals surface area (Å²) in [5, 5.41) is 2.80. The molecule has 2 amide bonds. The SMILES string of the molecule is CCCNC(=O)[C@H](C)N(Cc1ccccc1)C(=O)CN(c1cccc(OC)c1)S(C)(=O)=O. The summed E-state index contributed by atoms with van der Waals surface area (Å²) >= 11 is 0. The maximum Gasteiger partial charge on any atom is 0.244 e. The highest BCUT2D eigenvalue weighted by molar-refractivity contribution is 7.92. The number of methoxy groups -OCH3 is 1. The van der Waals surface area contributed by atoms with E-state index in [0.29, 0.717) is 18.0 Å². The monoisotopic (exact) mass is 461 g/mol. The Kier molecular flexibility index (Phi) is 9.07. The minimum atomic E-state index is -3.77. The molecule has 0 aliphatic carbocycles. The molecule has 8 nitrogen and oxygen atoms in total. The van der Waals surface area contributed by atoms with Gasteiger partial charge in [0.2, 0.25) is 21.8 Å². The van der Waals surface area contributed by atoms with Gasteiger partial charge in [-0.15, -0.1) is 0 Å². The zero-order valence-corrected chi connectivity index (χ0v) is 19.8. The molecule has 0 fully saturated rings. The fourth-order valence-corrected chi connectivity index (χ4v) is 3.98. The summed E-state index contributed by atoms with van der Waals surface area (Å²) in [6.07, 6.45) is 1.81. The minimum Gasteiger partial charge on any atom is -0.497 e. The summed E-state index contributed by atoms with van der Waals surface area (Å²) in [6.45, 7) is 3.81. The fourth-order valence-electron chi connectivity index (χ4n) is 3.14. The van der Waals surface area contributed by atoms with Crippen LogP contribution in [0.5, 0.6) is 5.75 Å². The number of nitrogens with one attached hydrogen (secondary N) is 1. The van der Waals surface area contributed by atoms with Crippen molar-refractivity contribution in [1.29, 1.82) is 0 Å². The van der Waals surface area contributed by atoms with Crippen LogP contribution in [0.1, 0.15) is 25.8 Å². The second kappa shape index (κ2) is 11.5. The van der Waals surface area contributed by atoms with E-state index >= 15 is 0 Å². The van der Waals surface area contributed by atoms with Crippen molar-refractivity contribution in [3.05, 3.63) is 60.2 Å². The molecular formula is C23H31N3O5S. The van der Waals surface area contributed by atoms with Gasteiger partial charge in [-0.1, -0.05) is 43.3 Å². The molecule has 1 N–H and O–H groups in total. The van der Waals surface area contributed by atoms with Crippen molar-refractivity contribution >= 4 is 27.5 Å². The molecule has 174 valence electrons. The van der Waals surface area contributed by atoms with Crippen LogP contribution in [0.4, 0.5) is 5.69 Å². The van der Waals surface area contributed by atoms with E-state index in [2.05, 4.69) is 5.32 Å². The number of hydrogen-bond acceptors (Lipinski definition) is 5. The molecule has 2 aromatic rings. The van der Waals surface area contributed by atoms with Crippen molar-refractivity contribution in [1.82, 2.24) is 10.2 Å². The van der Waals surface area contributed by atoms with Gasteiger partial charge in [0, 0.05) is 19.2 Å². The molecule has 0 aromatic heterocycles. The summed E-state index contributed by atoms with van der Waals surface area (Å²) in [5.41, 5.74) is 1.14. The Balaban J connectivity index is 2.35. The number of hydrogen-bond donors (Lipinski definition) is 1. The number of nitrogens with zero attached hydrogens (tertiary/aromatic N) is 2. The molecule has 0 saturated carbocycles. The lowest BCUT2D eigenvalue weighted by atomic mass is 10.1. The maximum absolute atomic E-state index is 13.4. The normalized spacial score (nSPS) is 12.0. The third-order valence-corrected chi connectivity index (χ3v) is 6.07. The van der Waals surface area contributed by atoms with Gasteiger partial charge >= 0.3 is 0 Å². The number of rotatable bonds is 11. The van der Waals surface area contributed by atoms with E-state index in [1.54, 1.807) is 31.2 Å². The van der Waals surface area contributed by atoms with E-state index in [1.807, 2.05) is 37.3 Å². The Bertz CT molecular complexity index is 1010. The van der Waals surface area contributed by atoms with Crippen LogP contribution in [0.2, 0.25) is 0 Å². The highest BCUT2D eigenvalue weighted by atomic mass is 32.2. The van der Waals surface area contributed by atoms with Crippen LogP contribution >= 0.6 is 0 Å². The molecule has 2 aromatic carbocycles. The van der Waals surface area contributed by atoms with E-state index in [9.17, 15) is 18.0 Å². The van der Waals surface area contributed by atoms with Crippen LogP contribution in [0, 0.1) is 0 Å². The molecule has 9 heteroatoms. The number of benzene rings is 2. The van der Waals surface area contributed by atoms with Crippen molar-refractivity contribution in [2.24, 2.45) is 0 Å². The second-order valence-corrected chi connectivity index (χ2v) is 9.35. The first-order valence-electron chi connectivity index (χ1n) is 10.4. The molecule has 2 rings (SSSR count). The Morgan fingerprint density at radius 2 is 1.78 bits per heavy atom. The van der Waals surface area contributed by atoms with Gasteiger partial charge in [-0.2, -0.15) is 0 Å². The molecule has 0 radical (unpaired) electrons. The van der Waals surface area contributed by atoms with Gasteiger partial charge in [0.15, 0.2) is 0 Å². The molecule has 0 heterocycles. The van der Waals surface area contributed by atoms with Crippen molar-refractivity contribution in [2.45, 2.75) is 32.9 Å². The summed E-state index contributed by atoms with van der Waals surface area (Å²) < 4.78 is 31.3. The number of ether oxygens (including phenoxy) is 1. The first-order valence-corrected chi connectivity index (χ1v) is 12.2. The molecule has 0 saturated heterocycles. The van der Waals surface area contributed by atoms with Crippen LogP contribution in [-0.2, 0) is 26.2 Å². The maximum atomic E-state index is 13.4. The van der Waals surface area contributed by atoms with Gasteiger partial charge in [-0.3, -0.25) is 13.9 Å². The molecular weight excluding hydrogens is 430 g/mol. The van der Waals surface area contributed by atoms with Gasteiger partial charge in [0.05, 0.1) is 19.1 Å². The van der Waals surface area contributed by atoms with E-state index in [-0.39, 0.29) is 12.5 Å². The zero-order chi connectivity index (χ0) is 23.7. The van der Waals surface area contributed by atoms with E-state index < -0.39 is 28.5 Å². The Hall–Kier alpha value is -3.07. The zero-order valence-electron chi connectivity index (χ0n) is 18.9. The van der Waals surface area contributed by atoms with Gasteiger partial charge < -0.3 is 15.0 Å². The Morgan fingerprint density at radius 1 is 1.09 bits per heavy atom. The first kappa shape index (κ1) is 25.2. The molecule has 0 unspecified atom stereocenters. The van der Waals surface area contributed by atoms with Gasteiger partial charge in [0.25, 0.3) is 0 Å². The minimum absolute atomic E-state index is 0.177. The van der Waals surface area contributed by atoms with Crippen molar-refractivity contribution in [3.8, 4) is 5.75 Å². The summed E-state index contributed by atoms with van der Waals surface area (Å²) in [6, 6.07) is 15.0. The molecule has 0 spiro atoms. The number of carbonyl (C=O) groups excluding carboxylic acids is 2. The highest BCUT2D eigenvalue weighted by Crippen LogP contribution is 2.23. The topological polar surface area (TPSA) is 96.0 Å². The number of carbonyl (C=O) groups is 2. The van der Waals surface area contributed by atoms with Crippen LogP contribution < -0.4 is 14.4 Å².